The monoisotopic (exact) mass is 293 g/mol. The Morgan fingerprint density at radius 3 is 2.68 bits per heavy atom. The average Bonchev–Trinajstić information content (AvgIpc) is 2.41. The first kappa shape index (κ1) is 13.9. The second kappa shape index (κ2) is 6.08. The summed E-state index contributed by atoms with van der Waals surface area (Å²) < 4.78 is 4.73. The molecule has 0 aliphatic carbocycles. The topological polar surface area (TPSA) is 39.2 Å². The second-order valence-electron chi connectivity index (χ2n) is 4.00. The zero-order valence-corrected chi connectivity index (χ0v) is 11.9. The van der Waals surface area contributed by atoms with Crippen molar-refractivity contribution in [2.45, 2.75) is 11.3 Å². The summed E-state index contributed by atoms with van der Waals surface area (Å²) in [5.74, 6) is -0.447. The third-order valence-corrected chi connectivity index (χ3v) is 3.14. The Morgan fingerprint density at radius 2 is 2.05 bits per heavy atom. The molecule has 2 rings (SSSR count). The van der Waals surface area contributed by atoms with Crippen molar-refractivity contribution >= 4 is 30.2 Å². The molecule has 0 fully saturated rings. The number of rotatable bonds is 3. The number of nitrogens with zero attached hydrogens (tertiary/aromatic N) is 1. The molecule has 0 aliphatic rings. The Balaban J connectivity index is 2.35. The molecular weight excluding hydrogens is 282 g/mol. The number of thiol groups is 1. The van der Waals surface area contributed by atoms with Gasteiger partial charge in [0.25, 0.3) is 0 Å². The van der Waals surface area contributed by atoms with Gasteiger partial charge in [-0.1, -0.05) is 23.7 Å². The molecule has 0 spiro atoms. The molecule has 19 heavy (non-hydrogen) atoms. The molecule has 98 valence electrons. The van der Waals surface area contributed by atoms with E-state index in [2.05, 4.69) is 17.6 Å². The lowest BCUT2D eigenvalue weighted by molar-refractivity contribution is 0.0592. The number of hydrogen-bond donors (Lipinski definition) is 1. The number of ether oxygens (including phenoxy) is 1. The fraction of sp³-hybridized carbons (Fsp3) is 0.143. The number of halogens is 1. The lowest BCUT2D eigenvalue weighted by Crippen LogP contribution is -2.09. The van der Waals surface area contributed by atoms with Crippen LogP contribution in [-0.4, -0.2) is 18.1 Å². The number of carbonyl (C=O) groups excluding carboxylic acids is 1. The van der Waals surface area contributed by atoms with Gasteiger partial charge in [-0.25, -0.2) is 9.78 Å². The van der Waals surface area contributed by atoms with Crippen molar-refractivity contribution < 1.29 is 9.53 Å². The van der Waals surface area contributed by atoms with E-state index in [-0.39, 0.29) is 0 Å². The molecule has 0 amide bonds. The van der Waals surface area contributed by atoms with E-state index in [1.165, 1.54) is 13.3 Å². The highest BCUT2D eigenvalue weighted by Crippen LogP contribution is 2.18. The first-order valence-electron chi connectivity index (χ1n) is 5.61. The Labute approximate surface area is 122 Å². The van der Waals surface area contributed by atoms with Crippen molar-refractivity contribution in [1.29, 1.82) is 0 Å². The van der Waals surface area contributed by atoms with Crippen LogP contribution in [0, 0.1) is 0 Å². The molecule has 0 atom stereocenters. The third-order valence-electron chi connectivity index (χ3n) is 2.64. The molecule has 0 aliphatic heterocycles. The summed E-state index contributed by atoms with van der Waals surface area (Å²) in [6.45, 7) is 0. The Hall–Kier alpha value is -1.52. The Bertz CT molecular complexity index is 599. The van der Waals surface area contributed by atoms with Crippen LogP contribution in [0.4, 0.5) is 0 Å². The minimum atomic E-state index is -0.447. The van der Waals surface area contributed by atoms with Crippen LogP contribution in [0.2, 0.25) is 5.02 Å². The van der Waals surface area contributed by atoms with Crippen LogP contribution in [0.25, 0.3) is 0 Å². The van der Waals surface area contributed by atoms with Crippen molar-refractivity contribution in [2.24, 2.45) is 0 Å². The largest absolute Gasteiger partial charge is 0.464 e. The number of hydrogen-bond acceptors (Lipinski definition) is 4. The zero-order valence-electron chi connectivity index (χ0n) is 10.3. The molecule has 2 aromatic rings. The summed E-state index contributed by atoms with van der Waals surface area (Å²) >= 11 is 10.1. The van der Waals surface area contributed by atoms with Crippen LogP contribution in [-0.2, 0) is 11.2 Å². The van der Waals surface area contributed by atoms with E-state index < -0.39 is 5.97 Å². The number of esters is 1. The smallest absolute Gasteiger partial charge is 0.356 e. The second-order valence-corrected chi connectivity index (χ2v) is 4.95. The van der Waals surface area contributed by atoms with Crippen molar-refractivity contribution in [3.8, 4) is 0 Å². The van der Waals surface area contributed by atoms with Crippen LogP contribution in [0.15, 0.2) is 41.4 Å². The van der Waals surface area contributed by atoms with E-state index in [9.17, 15) is 4.79 Å². The van der Waals surface area contributed by atoms with Gasteiger partial charge in [-0.3, -0.25) is 0 Å². The SMILES string of the molecule is COC(=O)c1ncc(S)cc1Cc1ccc(Cl)cc1. The van der Waals surface area contributed by atoms with Crippen molar-refractivity contribution in [2.75, 3.05) is 7.11 Å². The molecule has 0 bridgehead atoms. The van der Waals surface area contributed by atoms with Gasteiger partial charge in [0.05, 0.1) is 7.11 Å². The molecule has 3 nitrogen and oxygen atoms in total. The maximum Gasteiger partial charge on any atom is 0.356 e. The van der Waals surface area contributed by atoms with Gasteiger partial charge >= 0.3 is 5.97 Å². The normalized spacial score (nSPS) is 10.3. The van der Waals surface area contributed by atoms with Gasteiger partial charge in [0, 0.05) is 16.1 Å². The van der Waals surface area contributed by atoms with Gasteiger partial charge in [0.1, 0.15) is 0 Å². The Kier molecular flexibility index (Phi) is 4.45. The van der Waals surface area contributed by atoms with Crippen LogP contribution >= 0.6 is 24.2 Å². The maximum atomic E-state index is 11.7. The minimum absolute atomic E-state index is 0.315. The first-order chi connectivity index (χ1) is 9.10. The average molecular weight is 294 g/mol. The first-order valence-corrected chi connectivity index (χ1v) is 6.43. The molecular formula is C14H12ClNO2S. The zero-order chi connectivity index (χ0) is 13.8. The standard InChI is InChI=1S/C14H12ClNO2S/c1-18-14(17)13-10(7-12(19)8-16-13)6-9-2-4-11(15)5-3-9/h2-5,7-8,19H,6H2,1H3. The molecule has 1 aromatic heterocycles. The van der Waals surface area contributed by atoms with Gasteiger partial charge in [0.2, 0.25) is 0 Å². The van der Waals surface area contributed by atoms with Gasteiger partial charge in [-0.2, -0.15) is 0 Å². The molecule has 0 saturated heterocycles. The molecule has 1 heterocycles. The summed E-state index contributed by atoms with van der Waals surface area (Å²) in [6.07, 6.45) is 2.10. The highest BCUT2D eigenvalue weighted by atomic mass is 35.5. The summed E-state index contributed by atoms with van der Waals surface area (Å²) in [6, 6.07) is 9.26. The number of methoxy groups -OCH3 is 1. The molecule has 0 radical (unpaired) electrons. The lowest BCUT2D eigenvalue weighted by atomic mass is 10.0. The van der Waals surface area contributed by atoms with E-state index in [4.69, 9.17) is 16.3 Å². The van der Waals surface area contributed by atoms with E-state index >= 15 is 0 Å². The van der Waals surface area contributed by atoms with Gasteiger partial charge in [-0.15, -0.1) is 12.6 Å². The number of carbonyl (C=O) groups is 1. The fourth-order valence-electron chi connectivity index (χ4n) is 1.74. The minimum Gasteiger partial charge on any atom is -0.464 e. The quantitative estimate of drug-likeness (QED) is 0.696. The third kappa shape index (κ3) is 3.49. The predicted molar refractivity (Wildman–Crippen MR) is 77.1 cm³/mol. The molecule has 0 unspecified atom stereocenters. The summed E-state index contributed by atoms with van der Waals surface area (Å²) in [5, 5.41) is 0.679. The van der Waals surface area contributed by atoms with E-state index in [0.717, 1.165) is 11.1 Å². The number of pyridine rings is 1. The van der Waals surface area contributed by atoms with Crippen molar-refractivity contribution in [3.63, 3.8) is 0 Å². The summed E-state index contributed by atoms with van der Waals surface area (Å²) in [5.41, 5.74) is 2.13. The van der Waals surface area contributed by atoms with Crippen LogP contribution < -0.4 is 0 Å². The van der Waals surface area contributed by atoms with Crippen LogP contribution in [0.3, 0.4) is 0 Å². The molecule has 5 heteroatoms. The number of aromatic nitrogens is 1. The van der Waals surface area contributed by atoms with Crippen LogP contribution in [0.1, 0.15) is 21.6 Å². The predicted octanol–water partition coefficient (Wildman–Crippen LogP) is 3.40. The van der Waals surface area contributed by atoms with E-state index in [1.807, 2.05) is 30.3 Å². The van der Waals surface area contributed by atoms with Crippen molar-refractivity contribution in [1.82, 2.24) is 4.98 Å². The van der Waals surface area contributed by atoms with Crippen LogP contribution in [0.5, 0.6) is 0 Å². The van der Waals surface area contributed by atoms with Gasteiger partial charge in [-0.05, 0) is 35.7 Å². The van der Waals surface area contributed by atoms with Gasteiger partial charge in [0.15, 0.2) is 5.69 Å². The van der Waals surface area contributed by atoms with Gasteiger partial charge < -0.3 is 4.74 Å². The summed E-state index contributed by atoms with van der Waals surface area (Å²) in [7, 11) is 1.34. The van der Waals surface area contributed by atoms with E-state index in [0.29, 0.717) is 22.0 Å². The highest BCUT2D eigenvalue weighted by molar-refractivity contribution is 7.80. The van der Waals surface area contributed by atoms with E-state index in [1.54, 1.807) is 0 Å². The maximum absolute atomic E-state index is 11.7. The Morgan fingerprint density at radius 1 is 1.37 bits per heavy atom. The number of benzene rings is 1. The molecule has 1 aromatic carbocycles. The lowest BCUT2D eigenvalue weighted by Gasteiger charge is -2.08. The molecule has 0 N–H and O–H groups in total. The summed E-state index contributed by atoms with van der Waals surface area (Å²) in [4.78, 5) is 16.5. The molecule has 0 saturated carbocycles. The fourth-order valence-corrected chi connectivity index (χ4v) is 2.07. The highest BCUT2D eigenvalue weighted by Gasteiger charge is 2.14. The van der Waals surface area contributed by atoms with Crippen molar-refractivity contribution in [3.05, 3.63) is 58.4 Å².